The third kappa shape index (κ3) is 1.70. The molecule has 1 aliphatic heterocycles. The zero-order chi connectivity index (χ0) is 8.27. The lowest BCUT2D eigenvalue weighted by Crippen LogP contribution is -2.27. The van der Waals surface area contributed by atoms with E-state index >= 15 is 0 Å². The molecule has 1 heterocycles. The molecule has 2 nitrogen and oxygen atoms in total. The summed E-state index contributed by atoms with van der Waals surface area (Å²) < 4.78 is 5.21. The van der Waals surface area contributed by atoms with Crippen molar-refractivity contribution in [1.29, 1.82) is 0 Å². The molecule has 2 atom stereocenters. The van der Waals surface area contributed by atoms with E-state index in [0.29, 0.717) is 0 Å². The van der Waals surface area contributed by atoms with Crippen molar-refractivity contribution in [2.24, 2.45) is 5.92 Å². The second kappa shape index (κ2) is 3.37. The van der Waals surface area contributed by atoms with Gasteiger partial charge in [-0.05, 0) is 13.0 Å². The predicted molar refractivity (Wildman–Crippen MR) is 43.0 cm³/mol. The maximum atomic E-state index is 11.1. The molecule has 0 aromatic rings. The zero-order valence-electron chi connectivity index (χ0n) is 6.78. The Hall–Kier alpha value is -1.05. The molecule has 0 bridgehead atoms. The summed E-state index contributed by atoms with van der Waals surface area (Å²) in [7, 11) is 0. The van der Waals surface area contributed by atoms with Gasteiger partial charge < -0.3 is 4.74 Å². The fourth-order valence-electron chi connectivity index (χ4n) is 1.03. The van der Waals surface area contributed by atoms with Gasteiger partial charge in [-0.25, -0.2) is 0 Å². The van der Waals surface area contributed by atoms with Crippen molar-refractivity contribution < 1.29 is 9.53 Å². The minimum atomic E-state index is -0.0718. The van der Waals surface area contributed by atoms with Crippen molar-refractivity contribution in [3.8, 4) is 0 Å². The molecule has 11 heavy (non-hydrogen) atoms. The van der Waals surface area contributed by atoms with Crippen LogP contribution in [0.25, 0.3) is 0 Å². The SMILES string of the molecule is C/C=C/C1OC=CC(=O)C1C. The average Bonchev–Trinajstić information content (AvgIpc) is 1.99. The van der Waals surface area contributed by atoms with Gasteiger partial charge in [-0.2, -0.15) is 0 Å². The van der Waals surface area contributed by atoms with Gasteiger partial charge in [-0.3, -0.25) is 4.79 Å². The summed E-state index contributed by atoms with van der Waals surface area (Å²) in [5.41, 5.74) is 0. The monoisotopic (exact) mass is 152 g/mol. The predicted octanol–water partition coefficient (Wildman–Crippen LogP) is 1.68. The van der Waals surface area contributed by atoms with Crippen LogP contribution >= 0.6 is 0 Å². The van der Waals surface area contributed by atoms with Crippen molar-refractivity contribution in [1.82, 2.24) is 0 Å². The summed E-state index contributed by atoms with van der Waals surface area (Å²) >= 11 is 0. The minimum absolute atomic E-state index is 0.0452. The number of carbonyl (C=O) groups excluding carboxylic acids is 1. The number of rotatable bonds is 1. The summed E-state index contributed by atoms with van der Waals surface area (Å²) in [5.74, 6) is 0.0931. The molecule has 60 valence electrons. The number of ketones is 1. The number of hydrogen-bond donors (Lipinski definition) is 0. The molecule has 0 aromatic heterocycles. The fraction of sp³-hybridized carbons (Fsp3) is 0.444. The van der Waals surface area contributed by atoms with Crippen LogP contribution in [0.3, 0.4) is 0 Å². The van der Waals surface area contributed by atoms with Crippen LogP contribution in [0, 0.1) is 5.92 Å². The van der Waals surface area contributed by atoms with Crippen LogP contribution < -0.4 is 0 Å². The molecule has 0 saturated heterocycles. The Morgan fingerprint density at radius 1 is 1.64 bits per heavy atom. The van der Waals surface area contributed by atoms with Crippen molar-refractivity contribution in [2.75, 3.05) is 0 Å². The second-order valence-electron chi connectivity index (χ2n) is 2.62. The van der Waals surface area contributed by atoms with E-state index in [9.17, 15) is 4.79 Å². The maximum Gasteiger partial charge on any atom is 0.165 e. The van der Waals surface area contributed by atoms with E-state index < -0.39 is 0 Å². The summed E-state index contributed by atoms with van der Waals surface area (Å²) in [6.45, 7) is 3.79. The first-order chi connectivity index (χ1) is 5.25. The van der Waals surface area contributed by atoms with Crippen LogP contribution in [0.2, 0.25) is 0 Å². The molecule has 2 heteroatoms. The van der Waals surface area contributed by atoms with Crippen LogP contribution in [0.1, 0.15) is 13.8 Å². The zero-order valence-corrected chi connectivity index (χ0v) is 6.78. The highest BCUT2D eigenvalue weighted by Crippen LogP contribution is 2.15. The number of hydrogen-bond acceptors (Lipinski definition) is 2. The van der Waals surface area contributed by atoms with Gasteiger partial charge in [0.15, 0.2) is 5.78 Å². The molecule has 0 radical (unpaired) electrons. The Balaban J connectivity index is 2.70. The number of allylic oxidation sites excluding steroid dienone is 2. The third-order valence-electron chi connectivity index (χ3n) is 1.79. The topological polar surface area (TPSA) is 26.3 Å². The number of ether oxygens (including phenoxy) is 1. The van der Waals surface area contributed by atoms with Crippen molar-refractivity contribution in [2.45, 2.75) is 20.0 Å². The standard InChI is InChI=1S/C9H12O2/c1-3-4-9-7(2)8(10)5-6-11-9/h3-7,9H,1-2H3/b4-3+. The summed E-state index contributed by atoms with van der Waals surface area (Å²) in [5, 5.41) is 0. The molecule has 0 amide bonds. The maximum absolute atomic E-state index is 11.1. The molecule has 0 N–H and O–H groups in total. The highest BCUT2D eigenvalue weighted by atomic mass is 16.5. The van der Waals surface area contributed by atoms with Gasteiger partial charge in [0, 0.05) is 6.08 Å². The quantitative estimate of drug-likeness (QED) is 0.534. The van der Waals surface area contributed by atoms with Crippen LogP contribution in [0.5, 0.6) is 0 Å². The van der Waals surface area contributed by atoms with E-state index in [1.165, 1.54) is 12.3 Å². The van der Waals surface area contributed by atoms with Gasteiger partial charge in [0.05, 0.1) is 12.2 Å². The Morgan fingerprint density at radius 2 is 2.36 bits per heavy atom. The average molecular weight is 152 g/mol. The molecule has 0 fully saturated rings. The molecular weight excluding hydrogens is 140 g/mol. The van der Waals surface area contributed by atoms with Crippen LogP contribution in [-0.4, -0.2) is 11.9 Å². The Bertz CT molecular complexity index is 204. The third-order valence-corrected chi connectivity index (χ3v) is 1.79. The van der Waals surface area contributed by atoms with Crippen LogP contribution in [0.4, 0.5) is 0 Å². The summed E-state index contributed by atoms with van der Waals surface area (Å²) in [6, 6.07) is 0. The largest absolute Gasteiger partial charge is 0.493 e. The first-order valence-corrected chi connectivity index (χ1v) is 3.74. The lowest BCUT2D eigenvalue weighted by atomic mass is 9.97. The molecule has 0 saturated carbocycles. The second-order valence-corrected chi connectivity index (χ2v) is 2.62. The smallest absolute Gasteiger partial charge is 0.165 e. The Morgan fingerprint density at radius 3 is 3.00 bits per heavy atom. The lowest BCUT2D eigenvalue weighted by molar-refractivity contribution is -0.121. The molecule has 0 spiro atoms. The van der Waals surface area contributed by atoms with E-state index in [0.717, 1.165) is 0 Å². The van der Waals surface area contributed by atoms with E-state index in [2.05, 4.69) is 0 Å². The molecular formula is C9H12O2. The van der Waals surface area contributed by atoms with Crippen LogP contribution in [0.15, 0.2) is 24.5 Å². The van der Waals surface area contributed by atoms with E-state index in [4.69, 9.17) is 4.74 Å². The first-order valence-electron chi connectivity index (χ1n) is 3.74. The van der Waals surface area contributed by atoms with Gasteiger partial charge in [-0.15, -0.1) is 0 Å². The fourth-order valence-corrected chi connectivity index (χ4v) is 1.03. The van der Waals surface area contributed by atoms with E-state index in [1.54, 1.807) is 0 Å². The summed E-state index contributed by atoms with van der Waals surface area (Å²) in [6.07, 6.45) is 6.66. The van der Waals surface area contributed by atoms with Crippen LogP contribution in [-0.2, 0) is 9.53 Å². The van der Waals surface area contributed by atoms with E-state index in [-0.39, 0.29) is 17.8 Å². The summed E-state index contributed by atoms with van der Waals surface area (Å²) in [4.78, 5) is 11.1. The highest BCUT2D eigenvalue weighted by molar-refractivity contribution is 5.92. The lowest BCUT2D eigenvalue weighted by Gasteiger charge is -2.21. The highest BCUT2D eigenvalue weighted by Gasteiger charge is 2.23. The van der Waals surface area contributed by atoms with Crippen molar-refractivity contribution >= 4 is 5.78 Å². The number of carbonyl (C=O) groups is 1. The molecule has 1 aliphatic rings. The van der Waals surface area contributed by atoms with Crippen molar-refractivity contribution in [3.05, 3.63) is 24.5 Å². The Kier molecular flexibility index (Phi) is 2.47. The molecule has 0 aliphatic carbocycles. The van der Waals surface area contributed by atoms with Crippen molar-refractivity contribution in [3.63, 3.8) is 0 Å². The molecule has 2 unspecified atom stereocenters. The van der Waals surface area contributed by atoms with E-state index in [1.807, 2.05) is 26.0 Å². The van der Waals surface area contributed by atoms with Gasteiger partial charge in [0.1, 0.15) is 6.10 Å². The van der Waals surface area contributed by atoms with Gasteiger partial charge >= 0.3 is 0 Å². The van der Waals surface area contributed by atoms with Gasteiger partial charge in [-0.1, -0.05) is 13.0 Å². The molecule has 0 aromatic carbocycles. The normalized spacial score (nSPS) is 30.9. The van der Waals surface area contributed by atoms with Gasteiger partial charge in [0.2, 0.25) is 0 Å². The first kappa shape index (κ1) is 8.05. The minimum Gasteiger partial charge on any atom is -0.493 e. The van der Waals surface area contributed by atoms with Gasteiger partial charge in [0.25, 0.3) is 0 Å². The molecule has 1 rings (SSSR count). The Labute approximate surface area is 66.5 Å².